The zero-order chi connectivity index (χ0) is 13.3. The fourth-order valence-corrected chi connectivity index (χ4v) is 4.50. The Morgan fingerprint density at radius 1 is 0.765 bits per heavy atom. The monoisotopic (exact) mass is 262 g/mol. The Balaban J connectivity index is 4.63. The third-order valence-electron chi connectivity index (χ3n) is 3.33. The third-order valence-corrected chi connectivity index (χ3v) is 6.06. The second-order valence-corrected chi connectivity index (χ2v) is 6.97. The summed E-state index contributed by atoms with van der Waals surface area (Å²) in [5.41, 5.74) is 0. The normalized spacial score (nSPS) is 12.7. The topological polar surface area (TPSA) is 42.5 Å². The molecule has 0 spiro atoms. The molecule has 0 amide bonds. The van der Waals surface area contributed by atoms with Gasteiger partial charge in [-0.15, -0.1) is 0 Å². The molecule has 0 unspecified atom stereocenters. The highest BCUT2D eigenvalue weighted by Gasteiger charge is 2.40. The molecule has 0 atom stereocenters. The molecule has 0 heterocycles. The van der Waals surface area contributed by atoms with Crippen molar-refractivity contribution in [3.8, 4) is 0 Å². The van der Waals surface area contributed by atoms with E-state index in [1.54, 1.807) is 14.2 Å². The van der Waals surface area contributed by atoms with Crippen LogP contribution in [0.1, 0.15) is 53.4 Å². The molecular weight excluding hydrogens is 232 g/mol. The minimum atomic E-state index is -2.45. The van der Waals surface area contributed by atoms with Crippen molar-refractivity contribution in [2.75, 3.05) is 14.2 Å². The first kappa shape index (κ1) is 17.1. The number of nitrogens with one attached hydrogen (secondary N) is 2. The Kier molecular flexibility index (Phi) is 9.08. The third kappa shape index (κ3) is 5.48. The van der Waals surface area contributed by atoms with Gasteiger partial charge in [-0.25, -0.2) is 0 Å². The molecule has 0 bridgehead atoms. The quantitative estimate of drug-likeness (QED) is 0.593. The second kappa shape index (κ2) is 9.05. The lowest BCUT2D eigenvalue weighted by Crippen LogP contribution is -2.70. The first-order chi connectivity index (χ1) is 8.11. The SMILES string of the molecule is CCC(CC)N[Si](NC(CC)CC)(OC)OC. The second-order valence-electron chi connectivity index (χ2n) is 4.34. The van der Waals surface area contributed by atoms with Gasteiger partial charge in [-0.3, -0.25) is 9.96 Å². The molecule has 0 aliphatic heterocycles. The van der Waals surface area contributed by atoms with Crippen LogP contribution in [0.15, 0.2) is 0 Å². The van der Waals surface area contributed by atoms with Gasteiger partial charge in [0.15, 0.2) is 0 Å². The van der Waals surface area contributed by atoms with E-state index in [2.05, 4.69) is 37.7 Å². The van der Waals surface area contributed by atoms with E-state index < -0.39 is 8.88 Å². The molecule has 0 aliphatic rings. The van der Waals surface area contributed by atoms with Gasteiger partial charge in [0.1, 0.15) is 0 Å². The fraction of sp³-hybridized carbons (Fsp3) is 1.00. The summed E-state index contributed by atoms with van der Waals surface area (Å²) in [6, 6.07) is 0.895. The van der Waals surface area contributed by atoms with Crippen molar-refractivity contribution in [1.82, 2.24) is 9.96 Å². The zero-order valence-corrected chi connectivity index (χ0v) is 13.3. The van der Waals surface area contributed by atoms with Gasteiger partial charge in [-0.1, -0.05) is 27.7 Å². The first-order valence-electron chi connectivity index (χ1n) is 6.76. The summed E-state index contributed by atoms with van der Waals surface area (Å²) in [5, 5.41) is 0. The van der Waals surface area contributed by atoms with Crippen molar-refractivity contribution in [2.24, 2.45) is 0 Å². The summed E-state index contributed by atoms with van der Waals surface area (Å²) in [5.74, 6) is 0. The van der Waals surface area contributed by atoms with Crippen molar-refractivity contribution in [3.63, 3.8) is 0 Å². The van der Waals surface area contributed by atoms with Gasteiger partial charge in [-0.2, -0.15) is 0 Å². The van der Waals surface area contributed by atoms with Gasteiger partial charge >= 0.3 is 8.88 Å². The molecule has 17 heavy (non-hydrogen) atoms. The maximum absolute atomic E-state index is 5.65. The van der Waals surface area contributed by atoms with Crippen LogP contribution in [0.2, 0.25) is 0 Å². The average Bonchev–Trinajstić information content (AvgIpc) is 2.40. The number of rotatable bonds is 10. The number of hydrogen-bond acceptors (Lipinski definition) is 4. The Morgan fingerprint density at radius 2 is 1.06 bits per heavy atom. The van der Waals surface area contributed by atoms with E-state index in [-0.39, 0.29) is 0 Å². The van der Waals surface area contributed by atoms with Crippen LogP contribution in [-0.4, -0.2) is 35.2 Å². The molecule has 2 N–H and O–H groups in total. The average molecular weight is 262 g/mol. The first-order valence-corrected chi connectivity index (χ1v) is 8.58. The zero-order valence-electron chi connectivity index (χ0n) is 12.3. The predicted molar refractivity (Wildman–Crippen MR) is 74.8 cm³/mol. The van der Waals surface area contributed by atoms with Gasteiger partial charge in [0.2, 0.25) is 0 Å². The fourth-order valence-electron chi connectivity index (χ4n) is 1.88. The molecule has 0 radical (unpaired) electrons. The highest BCUT2D eigenvalue weighted by molar-refractivity contribution is 6.62. The molecule has 0 aromatic carbocycles. The Hall–Kier alpha value is 0.0569. The molecule has 0 saturated heterocycles. The summed E-state index contributed by atoms with van der Waals surface area (Å²) < 4.78 is 11.3. The summed E-state index contributed by atoms with van der Waals surface area (Å²) in [4.78, 5) is 7.10. The Bertz CT molecular complexity index is 165. The minimum Gasteiger partial charge on any atom is -0.374 e. The maximum Gasteiger partial charge on any atom is 0.516 e. The molecule has 5 heteroatoms. The van der Waals surface area contributed by atoms with Crippen LogP contribution in [0.3, 0.4) is 0 Å². The predicted octanol–water partition coefficient (Wildman–Crippen LogP) is 2.27. The molecule has 0 saturated carbocycles. The van der Waals surface area contributed by atoms with Crippen LogP contribution in [0.5, 0.6) is 0 Å². The standard InChI is InChI=1S/C12H30N2O2Si/c1-7-11(8-2)13-17(15-5,16-6)14-12(9-3)10-4/h11-14H,7-10H2,1-6H3. The van der Waals surface area contributed by atoms with Crippen LogP contribution in [0, 0.1) is 0 Å². The van der Waals surface area contributed by atoms with Crippen molar-refractivity contribution < 1.29 is 8.85 Å². The van der Waals surface area contributed by atoms with Crippen molar-refractivity contribution in [2.45, 2.75) is 65.5 Å². The molecule has 0 aliphatic carbocycles. The van der Waals surface area contributed by atoms with Crippen molar-refractivity contribution in [3.05, 3.63) is 0 Å². The highest BCUT2D eigenvalue weighted by atomic mass is 28.4. The van der Waals surface area contributed by atoms with Gasteiger partial charge in [0.25, 0.3) is 0 Å². The van der Waals surface area contributed by atoms with E-state index in [4.69, 9.17) is 8.85 Å². The van der Waals surface area contributed by atoms with E-state index >= 15 is 0 Å². The molecule has 0 aromatic rings. The molecule has 4 nitrogen and oxygen atoms in total. The Morgan fingerprint density at radius 3 is 1.24 bits per heavy atom. The van der Waals surface area contributed by atoms with Crippen LogP contribution in [0.4, 0.5) is 0 Å². The minimum absolute atomic E-state index is 0.448. The molecule has 0 fully saturated rings. The molecular formula is C12H30N2O2Si. The molecule has 104 valence electrons. The van der Waals surface area contributed by atoms with Crippen LogP contribution >= 0.6 is 0 Å². The lowest BCUT2D eigenvalue weighted by Gasteiger charge is -2.34. The summed E-state index contributed by atoms with van der Waals surface area (Å²) in [6.45, 7) is 8.73. The van der Waals surface area contributed by atoms with Gasteiger partial charge in [0.05, 0.1) is 0 Å². The van der Waals surface area contributed by atoms with Gasteiger partial charge in [-0.05, 0) is 25.7 Å². The van der Waals surface area contributed by atoms with E-state index in [1.165, 1.54) is 0 Å². The smallest absolute Gasteiger partial charge is 0.374 e. The lowest BCUT2D eigenvalue weighted by molar-refractivity contribution is 0.197. The number of hydrogen-bond donors (Lipinski definition) is 2. The summed E-state index contributed by atoms with van der Waals surface area (Å²) >= 11 is 0. The summed E-state index contributed by atoms with van der Waals surface area (Å²) in [6.07, 6.45) is 4.34. The highest BCUT2D eigenvalue weighted by Crippen LogP contribution is 2.08. The van der Waals surface area contributed by atoms with Crippen LogP contribution in [0.25, 0.3) is 0 Å². The lowest BCUT2D eigenvalue weighted by atomic mass is 10.2. The van der Waals surface area contributed by atoms with E-state index in [0.29, 0.717) is 12.1 Å². The molecule has 0 aromatic heterocycles. The van der Waals surface area contributed by atoms with Crippen LogP contribution in [-0.2, 0) is 8.85 Å². The van der Waals surface area contributed by atoms with E-state index in [9.17, 15) is 0 Å². The van der Waals surface area contributed by atoms with Crippen LogP contribution < -0.4 is 9.96 Å². The van der Waals surface area contributed by atoms with Gasteiger partial charge in [0, 0.05) is 26.3 Å². The van der Waals surface area contributed by atoms with E-state index in [1.807, 2.05) is 0 Å². The largest absolute Gasteiger partial charge is 0.516 e. The van der Waals surface area contributed by atoms with Gasteiger partial charge < -0.3 is 8.85 Å². The van der Waals surface area contributed by atoms with E-state index in [0.717, 1.165) is 25.7 Å². The molecule has 0 rings (SSSR count). The van der Waals surface area contributed by atoms with Crippen molar-refractivity contribution >= 4 is 8.88 Å². The summed E-state index contributed by atoms with van der Waals surface area (Å²) in [7, 11) is 0.992. The Labute approximate surface area is 108 Å². The van der Waals surface area contributed by atoms with Crippen molar-refractivity contribution in [1.29, 1.82) is 0 Å². The maximum atomic E-state index is 5.65.